The molecule has 17 rings (SSSR count). The number of nitrogens with zero attached hydrogens (tertiary/aromatic N) is 3. The van der Waals surface area contributed by atoms with Crippen LogP contribution in [0.3, 0.4) is 0 Å². The van der Waals surface area contributed by atoms with Crippen molar-refractivity contribution >= 4 is 137 Å². The third kappa shape index (κ3) is 8.33. The minimum absolute atomic E-state index is 0.152. The molecule has 422 valence electrons. The van der Waals surface area contributed by atoms with Crippen molar-refractivity contribution in [2.24, 2.45) is 0 Å². The molecule has 0 saturated heterocycles. The van der Waals surface area contributed by atoms with E-state index in [0.29, 0.717) is 0 Å². The molecule has 0 unspecified atom stereocenters. The van der Waals surface area contributed by atoms with Crippen LogP contribution in [0.25, 0.3) is 38.6 Å². The normalized spacial score (nSPS) is 12.6. The lowest BCUT2D eigenvalue weighted by Gasteiger charge is -2.45. The highest BCUT2D eigenvalue weighted by atomic mass is 28.3. The first kappa shape index (κ1) is 53.2. The molecule has 0 atom stereocenters. The summed E-state index contributed by atoms with van der Waals surface area (Å²) in [6.07, 6.45) is 0. The van der Waals surface area contributed by atoms with Crippen LogP contribution in [0.2, 0.25) is 0 Å². The fraction of sp³-hybridized carbons (Fsp3) is 0. The Labute approximate surface area is 528 Å². The summed E-state index contributed by atoms with van der Waals surface area (Å²) in [5, 5.41) is 13.2. The Balaban J connectivity index is 0.988. The van der Waals surface area contributed by atoms with Gasteiger partial charge in [-0.15, -0.1) is 0 Å². The molecule has 0 N–H and O–H groups in total. The number of anilines is 6. The molecular formula is C84H60BN3Si2. The molecule has 6 heteroatoms. The molecular weight excluding hydrogens is 1120 g/mol. The van der Waals surface area contributed by atoms with E-state index in [2.05, 4.69) is 378 Å². The van der Waals surface area contributed by atoms with Crippen LogP contribution < -0.4 is 67.7 Å². The average Bonchev–Trinajstić information content (AvgIpc) is 0.812. The maximum Gasteiger partial charge on any atom is 0.252 e. The minimum atomic E-state index is -3.04. The fourth-order valence-corrected chi connectivity index (χ4v) is 25.0. The van der Waals surface area contributed by atoms with Crippen LogP contribution in [0.5, 0.6) is 0 Å². The van der Waals surface area contributed by atoms with Gasteiger partial charge in [-0.25, -0.2) is 0 Å². The van der Waals surface area contributed by atoms with Crippen molar-refractivity contribution in [1.29, 1.82) is 0 Å². The number of hydrogen-bond acceptors (Lipinski definition) is 2. The van der Waals surface area contributed by atoms with E-state index in [1.807, 2.05) is 0 Å². The van der Waals surface area contributed by atoms with Crippen LogP contribution in [0, 0.1) is 0 Å². The lowest BCUT2D eigenvalue weighted by Crippen LogP contribution is -2.75. The summed E-state index contributed by atoms with van der Waals surface area (Å²) in [4.78, 5) is 5.19. The Morgan fingerprint density at radius 1 is 0.222 bits per heavy atom. The smallest absolute Gasteiger partial charge is 0.252 e. The van der Waals surface area contributed by atoms with Crippen molar-refractivity contribution in [3.63, 3.8) is 0 Å². The first-order chi connectivity index (χ1) is 44.7. The van der Waals surface area contributed by atoms with E-state index in [4.69, 9.17) is 0 Å². The molecule has 90 heavy (non-hydrogen) atoms. The van der Waals surface area contributed by atoms with Crippen molar-refractivity contribution in [2.75, 3.05) is 9.80 Å². The molecule has 1 aromatic heterocycles. The molecule has 0 amide bonds. The molecule has 3 heterocycles. The third-order valence-electron chi connectivity index (χ3n) is 19.2. The van der Waals surface area contributed by atoms with Crippen LogP contribution in [0.4, 0.5) is 34.1 Å². The Kier molecular flexibility index (Phi) is 13.0. The lowest BCUT2D eigenvalue weighted by atomic mass is 9.33. The van der Waals surface area contributed by atoms with Gasteiger partial charge in [0.15, 0.2) is 16.1 Å². The van der Waals surface area contributed by atoms with Crippen LogP contribution in [0.1, 0.15) is 0 Å². The first-order valence-electron chi connectivity index (χ1n) is 31.3. The molecule has 0 saturated carbocycles. The number of para-hydroxylation sites is 3. The van der Waals surface area contributed by atoms with Crippen LogP contribution in [-0.4, -0.2) is 27.4 Å². The zero-order valence-corrected chi connectivity index (χ0v) is 51.6. The van der Waals surface area contributed by atoms with Crippen molar-refractivity contribution < 1.29 is 0 Å². The summed E-state index contributed by atoms with van der Waals surface area (Å²) in [6, 6.07) is 137. The highest BCUT2D eigenvalue weighted by Crippen LogP contribution is 2.47. The van der Waals surface area contributed by atoms with Crippen LogP contribution in [-0.2, 0) is 0 Å². The Bertz CT molecular complexity index is 4880. The SMILES string of the molecule is c1ccc(-c2cccc(N3c4ccccc4B4c5cc([Si](c6ccccc6)(c6ccccc6)c6ccccc6)ccc5N(c5ccc([Si](c6ccccc6)(c6ccccc6)c6ccccc6)cc5)c5cc(-n6c7ccccc7c7ccccc76)cc3c54)c2)cc1. The minimum Gasteiger partial charge on any atom is -0.311 e. The van der Waals surface area contributed by atoms with E-state index >= 15 is 0 Å². The molecule has 0 fully saturated rings. The van der Waals surface area contributed by atoms with E-state index in [1.54, 1.807) is 0 Å². The van der Waals surface area contributed by atoms with Gasteiger partial charge < -0.3 is 14.4 Å². The molecule has 0 aliphatic carbocycles. The third-order valence-corrected chi connectivity index (χ3v) is 28.8. The molecule has 15 aromatic rings. The van der Waals surface area contributed by atoms with E-state index in [0.717, 1.165) is 28.4 Å². The summed E-state index contributed by atoms with van der Waals surface area (Å²) in [5.41, 5.74) is 16.4. The van der Waals surface area contributed by atoms with Gasteiger partial charge in [0.25, 0.3) is 6.71 Å². The van der Waals surface area contributed by atoms with E-state index < -0.39 is 16.1 Å². The summed E-state index contributed by atoms with van der Waals surface area (Å²) >= 11 is 0. The van der Waals surface area contributed by atoms with E-state index in [1.165, 1.54) is 102 Å². The van der Waals surface area contributed by atoms with Gasteiger partial charge in [0.1, 0.15) is 0 Å². The van der Waals surface area contributed by atoms with Crippen LogP contribution >= 0.6 is 0 Å². The number of benzene rings is 14. The van der Waals surface area contributed by atoms with Gasteiger partial charge in [0, 0.05) is 44.9 Å². The summed E-state index contributed by atoms with van der Waals surface area (Å²) in [7, 11) is -5.93. The van der Waals surface area contributed by atoms with Gasteiger partial charge in [-0.3, -0.25) is 0 Å². The van der Waals surface area contributed by atoms with Gasteiger partial charge in [-0.2, -0.15) is 0 Å². The zero-order valence-electron chi connectivity index (χ0n) is 49.6. The van der Waals surface area contributed by atoms with Gasteiger partial charge in [0.2, 0.25) is 0 Å². The van der Waals surface area contributed by atoms with Gasteiger partial charge in [0.05, 0.1) is 16.7 Å². The lowest BCUT2D eigenvalue weighted by molar-refractivity contribution is 1.16. The summed E-state index contributed by atoms with van der Waals surface area (Å²) in [6.45, 7) is -0.152. The second-order valence-corrected chi connectivity index (χ2v) is 31.5. The summed E-state index contributed by atoms with van der Waals surface area (Å²) < 4.78 is 2.51. The van der Waals surface area contributed by atoms with Gasteiger partial charge >= 0.3 is 0 Å². The molecule has 0 bridgehead atoms. The van der Waals surface area contributed by atoms with Crippen molar-refractivity contribution in [3.05, 3.63) is 364 Å². The Morgan fingerprint density at radius 2 is 0.600 bits per heavy atom. The maximum atomic E-state index is 2.65. The number of hydrogen-bond donors (Lipinski definition) is 0. The number of fused-ring (bicyclic) bond motifs is 7. The predicted molar refractivity (Wildman–Crippen MR) is 387 cm³/mol. The number of rotatable bonds is 12. The average molecular weight is 1180 g/mol. The van der Waals surface area contributed by atoms with E-state index in [9.17, 15) is 0 Å². The van der Waals surface area contributed by atoms with Crippen molar-refractivity contribution in [2.45, 2.75) is 0 Å². The Morgan fingerprint density at radius 3 is 1.10 bits per heavy atom. The van der Waals surface area contributed by atoms with Crippen LogP contribution in [0.15, 0.2) is 364 Å². The molecule has 2 aliphatic rings. The van der Waals surface area contributed by atoms with Crippen molar-refractivity contribution in [1.82, 2.24) is 4.57 Å². The first-order valence-corrected chi connectivity index (χ1v) is 35.3. The zero-order chi connectivity index (χ0) is 59.6. The Hall–Kier alpha value is -11.0. The highest BCUT2D eigenvalue weighted by Gasteiger charge is 2.48. The molecule has 14 aromatic carbocycles. The van der Waals surface area contributed by atoms with E-state index in [-0.39, 0.29) is 6.71 Å². The molecule has 3 nitrogen and oxygen atoms in total. The van der Waals surface area contributed by atoms with Gasteiger partial charge in [-0.05, 0) is 130 Å². The number of aromatic nitrogens is 1. The molecule has 0 spiro atoms. The quantitative estimate of drug-likeness (QED) is 0.0892. The summed E-state index contributed by atoms with van der Waals surface area (Å²) in [5.74, 6) is 0. The second kappa shape index (κ2) is 22.0. The highest BCUT2D eigenvalue weighted by molar-refractivity contribution is 7.20. The monoisotopic (exact) mass is 1180 g/mol. The maximum absolute atomic E-state index is 3.04. The standard InChI is InChI=1S/C84H60BN3Si2/c1-8-29-61(30-9-1)62-31-28-32-64(57-62)87-80-50-27-24-47-76(80)85-77-60-73(90(69-39-16-5-17-40-69,70-41-18-6-19-42-70)71-43-20-7-21-44-71)55-56-81(77)86(82-58-65(59-83(87)84(82)85)88-78-48-25-22-45-74(78)75-46-23-26-49-79(75)88)63-51-53-72(54-52-63)89(66-33-10-2-11-34-66,67-35-12-3-13-36-67)68-37-14-4-15-38-68/h1-60H. The van der Waals surface area contributed by atoms with Crippen molar-refractivity contribution in [3.8, 4) is 16.8 Å². The molecule has 0 radical (unpaired) electrons. The second-order valence-electron chi connectivity index (χ2n) is 23.9. The largest absolute Gasteiger partial charge is 0.311 e. The van der Waals surface area contributed by atoms with Gasteiger partial charge in [-0.1, -0.05) is 303 Å². The topological polar surface area (TPSA) is 11.4 Å². The fourth-order valence-electron chi connectivity index (χ4n) is 15.5. The molecule has 2 aliphatic heterocycles. The predicted octanol–water partition coefficient (Wildman–Crippen LogP) is 13.3.